The number of amides is 1. The predicted molar refractivity (Wildman–Crippen MR) is 83.8 cm³/mol. The number of rotatable bonds is 5. The molecule has 112 valence electrons. The van der Waals surface area contributed by atoms with Crippen LogP contribution in [-0.4, -0.2) is 17.1 Å². The van der Waals surface area contributed by atoms with Crippen LogP contribution in [0.1, 0.15) is 37.2 Å². The summed E-state index contributed by atoms with van der Waals surface area (Å²) in [5, 5.41) is 7.44. The van der Waals surface area contributed by atoms with E-state index in [0.29, 0.717) is 10.8 Å². The molecule has 1 unspecified atom stereocenters. The number of nitrogens with zero attached hydrogens (tertiary/aromatic N) is 1. The molecule has 0 saturated carbocycles. The molecule has 1 N–H and O–H groups in total. The maximum atomic E-state index is 12.1. The van der Waals surface area contributed by atoms with E-state index in [1.54, 1.807) is 24.3 Å². The summed E-state index contributed by atoms with van der Waals surface area (Å²) in [5.41, 5.74) is 0.821. The standard InChI is InChI=1S/C15H16Cl2N2O2/c1-3-4-9(2)18-15(20)13-12(17)14(21-19-13)10-5-7-11(16)8-6-10/h5-9H,3-4H2,1-2H3,(H,18,20). The average Bonchev–Trinajstić information content (AvgIpc) is 2.82. The molecule has 1 heterocycles. The van der Waals surface area contributed by atoms with Crippen LogP contribution in [0.5, 0.6) is 0 Å². The van der Waals surface area contributed by atoms with Gasteiger partial charge in [0.25, 0.3) is 5.91 Å². The molecule has 0 radical (unpaired) electrons. The van der Waals surface area contributed by atoms with Crippen molar-refractivity contribution >= 4 is 29.1 Å². The van der Waals surface area contributed by atoms with Gasteiger partial charge in [-0.2, -0.15) is 0 Å². The SMILES string of the molecule is CCCC(C)NC(=O)c1noc(-c2ccc(Cl)cc2)c1Cl. The lowest BCUT2D eigenvalue weighted by molar-refractivity contribution is 0.0929. The van der Waals surface area contributed by atoms with E-state index in [1.165, 1.54) is 0 Å². The van der Waals surface area contributed by atoms with Crippen LogP contribution in [-0.2, 0) is 0 Å². The van der Waals surface area contributed by atoms with Crippen molar-refractivity contribution in [2.45, 2.75) is 32.7 Å². The molecule has 1 aromatic carbocycles. The summed E-state index contributed by atoms with van der Waals surface area (Å²) in [4.78, 5) is 12.1. The summed E-state index contributed by atoms with van der Waals surface area (Å²) >= 11 is 12.0. The summed E-state index contributed by atoms with van der Waals surface area (Å²) in [6.45, 7) is 4.00. The lowest BCUT2D eigenvalue weighted by Crippen LogP contribution is -2.32. The maximum Gasteiger partial charge on any atom is 0.275 e. The minimum atomic E-state index is -0.329. The fraction of sp³-hybridized carbons (Fsp3) is 0.333. The summed E-state index contributed by atoms with van der Waals surface area (Å²) < 4.78 is 5.20. The number of nitrogens with one attached hydrogen (secondary N) is 1. The van der Waals surface area contributed by atoms with Crippen LogP contribution in [0.25, 0.3) is 11.3 Å². The highest BCUT2D eigenvalue weighted by molar-refractivity contribution is 6.35. The topological polar surface area (TPSA) is 55.1 Å². The molecule has 1 aromatic heterocycles. The second kappa shape index (κ2) is 6.96. The van der Waals surface area contributed by atoms with Crippen LogP contribution >= 0.6 is 23.2 Å². The van der Waals surface area contributed by atoms with E-state index >= 15 is 0 Å². The van der Waals surface area contributed by atoms with E-state index in [0.717, 1.165) is 18.4 Å². The first-order valence-corrected chi connectivity index (χ1v) is 7.50. The van der Waals surface area contributed by atoms with Gasteiger partial charge in [0.05, 0.1) is 0 Å². The fourth-order valence-corrected chi connectivity index (χ4v) is 2.39. The minimum absolute atomic E-state index is 0.0641. The van der Waals surface area contributed by atoms with E-state index in [2.05, 4.69) is 17.4 Å². The van der Waals surface area contributed by atoms with Crippen LogP contribution in [0.15, 0.2) is 28.8 Å². The molecule has 0 saturated heterocycles. The van der Waals surface area contributed by atoms with Crippen molar-refractivity contribution in [3.05, 3.63) is 40.0 Å². The zero-order chi connectivity index (χ0) is 15.4. The van der Waals surface area contributed by atoms with Crippen molar-refractivity contribution in [2.24, 2.45) is 0 Å². The smallest absolute Gasteiger partial charge is 0.275 e. The maximum absolute atomic E-state index is 12.1. The third kappa shape index (κ3) is 3.77. The van der Waals surface area contributed by atoms with Crippen molar-refractivity contribution < 1.29 is 9.32 Å². The van der Waals surface area contributed by atoms with Gasteiger partial charge in [0, 0.05) is 16.6 Å². The molecular weight excluding hydrogens is 311 g/mol. The van der Waals surface area contributed by atoms with E-state index < -0.39 is 0 Å². The van der Waals surface area contributed by atoms with Crippen LogP contribution in [0, 0.1) is 0 Å². The first-order valence-electron chi connectivity index (χ1n) is 6.75. The van der Waals surface area contributed by atoms with Gasteiger partial charge in [0.1, 0.15) is 5.02 Å². The number of carbonyl (C=O) groups excluding carboxylic acids is 1. The van der Waals surface area contributed by atoms with Crippen molar-refractivity contribution in [3.8, 4) is 11.3 Å². The second-order valence-electron chi connectivity index (χ2n) is 4.84. The Bertz CT molecular complexity index is 623. The molecule has 21 heavy (non-hydrogen) atoms. The predicted octanol–water partition coefficient (Wildman–Crippen LogP) is 4.57. The Balaban J connectivity index is 2.20. The number of benzene rings is 1. The van der Waals surface area contributed by atoms with E-state index in [9.17, 15) is 4.79 Å². The van der Waals surface area contributed by atoms with Crippen LogP contribution in [0.3, 0.4) is 0 Å². The number of carbonyl (C=O) groups is 1. The second-order valence-corrected chi connectivity index (χ2v) is 5.66. The number of aromatic nitrogens is 1. The molecule has 0 fully saturated rings. The summed E-state index contributed by atoms with van der Waals surface area (Å²) in [6, 6.07) is 7.03. The van der Waals surface area contributed by atoms with Gasteiger partial charge < -0.3 is 9.84 Å². The Kier molecular flexibility index (Phi) is 5.26. The lowest BCUT2D eigenvalue weighted by atomic mass is 10.1. The van der Waals surface area contributed by atoms with Gasteiger partial charge in [-0.1, -0.05) is 41.7 Å². The molecule has 1 amide bonds. The zero-order valence-corrected chi connectivity index (χ0v) is 13.3. The van der Waals surface area contributed by atoms with Crippen molar-refractivity contribution in [3.63, 3.8) is 0 Å². The summed E-state index contributed by atoms with van der Waals surface area (Å²) in [5.74, 6) is 0.0338. The van der Waals surface area contributed by atoms with Gasteiger partial charge in [0.15, 0.2) is 11.5 Å². The lowest BCUT2D eigenvalue weighted by Gasteiger charge is -2.10. The van der Waals surface area contributed by atoms with Gasteiger partial charge in [-0.25, -0.2) is 0 Å². The van der Waals surface area contributed by atoms with Gasteiger partial charge >= 0.3 is 0 Å². The highest BCUT2D eigenvalue weighted by Gasteiger charge is 2.22. The van der Waals surface area contributed by atoms with E-state index in [-0.39, 0.29) is 22.7 Å². The molecule has 0 aliphatic rings. The Hall–Kier alpha value is -1.52. The number of hydrogen-bond acceptors (Lipinski definition) is 3. The highest BCUT2D eigenvalue weighted by Crippen LogP contribution is 2.31. The Labute approximate surface area is 133 Å². The molecule has 2 rings (SSSR count). The molecule has 0 aliphatic heterocycles. The molecule has 1 atom stereocenters. The van der Waals surface area contributed by atoms with E-state index in [1.807, 2.05) is 6.92 Å². The van der Waals surface area contributed by atoms with Crippen LogP contribution in [0.4, 0.5) is 0 Å². The van der Waals surface area contributed by atoms with Crippen LogP contribution < -0.4 is 5.32 Å². The Morgan fingerprint density at radius 3 is 2.62 bits per heavy atom. The molecule has 6 heteroatoms. The molecular formula is C15H16Cl2N2O2. The van der Waals surface area contributed by atoms with Gasteiger partial charge in [-0.05, 0) is 37.6 Å². The van der Waals surface area contributed by atoms with Gasteiger partial charge in [-0.3, -0.25) is 4.79 Å². The minimum Gasteiger partial charge on any atom is -0.354 e. The van der Waals surface area contributed by atoms with Crippen molar-refractivity contribution in [1.29, 1.82) is 0 Å². The van der Waals surface area contributed by atoms with Crippen molar-refractivity contribution in [1.82, 2.24) is 10.5 Å². The number of halogens is 2. The highest BCUT2D eigenvalue weighted by atomic mass is 35.5. The fourth-order valence-electron chi connectivity index (χ4n) is 2.00. The summed E-state index contributed by atoms with van der Waals surface area (Å²) in [6.07, 6.45) is 1.88. The largest absolute Gasteiger partial charge is 0.354 e. The van der Waals surface area contributed by atoms with Gasteiger partial charge in [0.2, 0.25) is 0 Å². The molecule has 0 bridgehead atoms. The van der Waals surface area contributed by atoms with E-state index in [4.69, 9.17) is 27.7 Å². The molecule has 0 aliphatic carbocycles. The molecule has 2 aromatic rings. The molecule has 4 nitrogen and oxygen atoms in total. The third-order valence-corrected chi connectivity index (χ3v) is 3.66. The molecule has 0 spiro atoms. The van der Waals surface area contributed by atoms with Crippen molar-refractivity contribution in [2.75, 3.05) is 0 Å². The van der Waals surface area contributed by atoms with Crippen LogP contribution in [0.2, 0.25) is 10.0 Å². The normalized spacial score (nSPS) is 12.2. The quantitative estimate of drug-likeness (QED) is 0.875. The average molecular weight is 327 g/mol. The first kappa shape index (κ1) is 15.9. The monoisotopic (exact) mass is 326 g/mol. The summed E-state index contributed by atoms with van der Waals surface area (Å²) in [7, 11) is 0. The van der Waals surface area contributed by atoms with Gasteiger partial charge in [-0.15, -0.1) is 0 Å². The Morgan fingerprint density at radius 2 is 2.00 bits per heavy atom. The third-order valence-electron chi connectivity index (χ3n) is 3.06. The Morgan fingerprint density at radius 1 is 1.33 bits per heavy atom. The first-order chi connectivity index (χ1) is 10.0. The number of hydrogen-bond donors (Lipinski definition) is 1. The zero-order valence-electron chi connectivity index (χ0n) is 11.8.